The highest BCUT2D eigenvalue weighted by atomic mass is 19.1. The van der Waals surface area contributed by atoms with Crippen molar-refractivity contribution in [2.24, 2.45) is 11.7 Å². The number of aromatic nitrogens is 1. The van der Waals surface area contributed by atoms with Gasteiger partial charge < -0.3 is 30.4 Å². The lowest BCUT2D eigenvalue weighted by atomic mass is 9.95. The van der Waals surface area contributed by atoms with E-state index in [0.29, 0.717) is 42.0 Å². The second-order valence-electron chi connectivity index (χ2n) is 9.76. The minimum atomic E-state index is -1.80. The summed E-state index contributed by atoms with van der Waals surface area (Å²) < 4.78 is 20.5. The lowest BCUT2D eigenvalue weighted by Gasteiger charge is -2.32. The fourth-order valence-corrected chi connectivity index (χ4v) is 5.39. The highest BCUT2D eigenvalue weighted by molar-refractivity contribution is 6.08. The van der Waals surface area contributed by atoms with Crippen LogP contribution in [0.1, 0.15) is 34.5 Å². The molecule has 6 rings (SSSR count). The van der Waals surface area contributed by atoms with Gasteiger partial charge in [-0.25, -0.2) is 14.2 Å². The monoisotopic (exact) mass is 522 g/mol. The first kappa shape index (κ1) is 23.7. The fourth-order valence-electron chi connectivity index (χ4n) is 5.39. The molecule has 3 aromatic rings. The van der Waals surface area contributed by atoms with Gasteiger partial charge in [0, 0.05) is 25.7 Å². The molecule has 0 aliphatic carbocycles. The van der Waals surface area contributed by atoms with Crippen molar-refractivity contribution >= 4 is 40.7 Å². The zero-order valence-electron chi connectivity index (χ0n) is 20.0. The van der Waals surface area contributed by atoms with Crippen molar-refractivity contribution in [3.05, 3.63) is 53.0 Å². The number of nitrogens with one attached hydrogen (secondary N) is 2. The summed E-state index contributed by atoms with van der Waals surface area (Å²) in [7, 11) is 0. The zero-order valence-corrected chi connectivity index (χ0v) is 20.0. The minimum absolute atomic E-state index is 0.0329. The van der Waals surface area contributed by atoms with Gasteiger partial charge in [0.1, 0.15) is 17.1 Å². The van der Waals surface area contributed by atoms with Crippen LogP contribution in [0.4, 0.5) is 15.0 Å². The van der Waals surface area contributed by atoms with Gasteiger partial charge in [0.2, 0.25) is 5.91 Å². The number of primary amides is 1. The van der Waals surface area contributed by atoms with Gasteiger partial charge in [0.15, 0.2) is 22.7 Å². The van der Waals surface area contributed by atoms with Gasteiger partial charge in [-0.05, 0) is 36.6 Å². The van der Waals surface area contributed by atoms with E-state index in [0.717, 1.165) is 12.5 Å². The SMILES string of the molecule is NC(=O)C1CCCN(c2ccc3oc(C4(CN5Cc6ccc(O)c(F)c6C5=O)NC(=O)NC4=O)cc3n2)C1. The molecule has 3 aliphatic rings. The number of halogens is 1. The molecule has 13 heteroatoms. The van der Waals surface area contributed by atoms with Crippen LogP contribution in [0.5, 0.6) is 5.75 Å². The molecule has 2 fully saturated rings. The maximum atomic E-state index is 14.5. The number of rotatable bonds is 5. The maximum Gasteiger partial charge on any atom is 0.322 e. The number of phenols is 1. The van der Waals surface area contributed by atoms with Crippen LogP contribution in [-0.2, 0) is 21.7 Å². The number of imide groups is 1. The molecule has 0 radical (unpaired) electrons. The second-order valence-corrected chi connectivity index (χ2v) is 9.76. The molecule has 5 heterocycles. The van der Waals surface area contributed by atoms with E-state index in [-0.39, 0.29) is 36.2 Å². The average molecular weight is 522 g/mol. The molecule has 5 N–H and O–H groups in total. The minimum Gasteiger partial charge on any atom is -0.505 e. The second kappa shape index (κ2) is 8.43. The number of furan rings is 1. The van der Waals surface area contributed by atoms with E-state index in [4.69, 9.17) is 10.2 Å². The number of benzene rings is 1. The van der Waals surface area contributed by atoms with Crippen LogP contribution < -0.4 is 21.3 Å². The van der Waals surface area contributed by atoms with E-state index >= 15 is 0 Å². The topological polar surface area (TPSA) is 171 Å². The molecular weight excluding hydrogens is 499 g/mol. The lowest BCUT2D eigenvalue weighted by Crippen LogP contribution is -2.52. The van der Waals surface area contributed by atoms with E-state index in [1.807, 2.05) is 4.90 Å². The average Bonchev–Trinajstić information content (AvgIpc) is 3.55. The molecule has 2 unspecified atom stereocenters. The Morgan fingerprint density at radius 2 is 2.08 bits per heavy atom. The summed E-state index contributed by atoms with van der Waals surface area (Å²) in [4.78, 5) is 57.9. The number of nitrogens with zero attached hydrogens (tertiary/aromatic N) is 3. The van der Waals surface area contributed by atoms with Crippen molar-refractivity contribution in [1.29, 1.82) is 0 Å². The Morgan fingerprint density at radius 3 is 2.82 bits per heavy atom. The van der Waals surface area contributed by atoms with Gasteiger partial charge >= 0.3 is 6.03 Å². The number of phenolic OH excluding ortho intramolecular Hbond substituents is 1. The molecular formula is C25H23FN6O6. The number of carbonyl (C=O) groups excluding carboxylic acids is 4. The predicted molar refractivity (Wildman–Crippen MR) is 129 cm³/mol. The Bertz CT molecular complexity index is 1540. The van der Waals surface area contributed by atoms with Gasteiger partial charge in [-0.2, -0.15) is 0 Å². The summed E-state index contributed by atoms with van der Waals surface area (Å²) in [6.07, 6.45) is 1.49. The number of amides is 5. The number of pyridine rings is 1. The first-order chi connectivity index (χ1) is 18.2. The number of hydrogen-bond donors (Lipinski definition) is 4. The van der Waals surface area contributed by atoms with Gasteiger partial charge in [0.05, 0.1) is 18.0 Å². The van der Waals surface area contributed by atoms with Crippen molar-refractivity contribution in [2.45, 2.75) is 24.9 Å². The Balaban J connectivity index is 1.34. The van der Waals surface area contributed by atoms with Gasteiger partial charge in [0.25, 0.3) is 11.8 Å². The molecule has 12 nitrogen and oxygen atoms in total. The molecule has 2 atom stereocenters. The summed E-state index contributed by atoms with van der Waals surface area (Å²) >= 11 is 0. The highest BCUT2D eigenvalue weighted by Crippen LogP contribution is 2.36. The van der Waals surface area contributed by atoms with E-state index in [1.165, 1.54) is 17.0 Å². The Kier molecular flexibility index (Phi) is 5.26. The maximum absolute atomic E-state index is 14.5. The molecule has 5 amide bonds. The molecule has 2 aromatic heterocycles. The number of hydrogen-bond acceptors (Lipinski definition) is 8. The molecule has 3 aliphatic heterocycles. The van der Waals surface area contributed by atoms with Gasteiger partial charge in [-0.3, -0.25) is 19.7 Å². The third-order valence-electron chi connectivity index (χ3n) is 7.37. The van der Waals surface area contributed by atoms with Crippen LogP contribution in [0.15, 0.2) is 34.7 Å². The third kappa shape index (κ3) is 3.61. The first-order valence-corrected chi connectivity index (χ1v) is 12.0. The van der Waals surface area contributed by atoms with Crippen molar-refractivity contribution < 1.29 is 33.1 Å². The standard InChI is InChI=1S/C25H23FN6O6/c26-20-15(33)4-3-12-9-32(22(35)19(12)20)11-25(23(36)29-24(37)30-25)17-8-14-16(38-17)5-6-18(28-14)31-7-1-2-13(10-31)21(27)34/h3-6,8,13,33H,1-2,7,9-11H2,(H2,27,34)(H2,29,30,36,37). The summed E-state index contributed by atoms with van der Waals surface area (Å²) in [6, 6.07) is 6.73. The highest BCUT2D eigenvalue weighted by Gasteiger charge is 2.53. The first-order valence-electron chi connectivity index (χ1n) is 12.0. The van der Waals surface area contributed by atoms with Crippen LogP contribution in [0.3, 0.4) is 0 Å². The number of aromatic hydroxyl groups is 1. The van der Waals surface area contributed by atoms with Gasteiger partial charge in [-0.1, -0.05) is 6.07 Å². The molecule has 2 saturated heterocycles. The number of piperidine rings is 1. The Labute approximate surface area is 214 Å². The summed E-state index contributed by atoms with van der Waals surface area (Å²) in [5.74, 6) is -3.17. The number of nitrogens with two attached hydrogens (primary N) is 1. The molecule has 0 saturated carbocycles. The molecule has 1 aromatic carbocycles. The van der Waals surface area contributed by atoms with Crippen LogP contribution in [0.25, 0.3) is 11.1 Å². The van der Waals surface area contributed by atoms with E-state index in [9.17, 15) is 28.7 Å². The summed E-state index contributed by atoms with van der Waals surface area (Å²) in [5, 5.41) is 14.5. The molecule has 196 valence electrons. The summed E-state index contributed by atoms with van der Waals surface area (Å²) in [6.45, 7) is 0.746. The van der Waals surface area contributed by atoms with Gasteiger partial charge in [-0.15, -0.1) is 0 Å². The quantitative estimate of drug-likeness (QED) is 0.360. The fraction of sp³-hybridized carbons (Fsp3) is 0.320. The van der Waals surface area contributed by atoms with E-state index < -0.39 is 35.0 Å². The van der Waals surface area contributed by atoms with E-state index in [2.05, 4.69) is 15.6 Å². The van der Waals surface area contributed by atoms with Crippen molar-refractivity contribution in [3.8, 4) is 5.75 Å². The van der Waals surface area contributed by atoms with Crippen LogP contribution in [0.2, 0.25) is 0 Å². The van der Waals surface area contributed by atoms with Crippen molar-refractivity contribution in [1.82, 2.24) is 20.5 Å². The van der Waals surface area contributed by atoms with Crippen LogP contribution in [-0.4, -0.2) is 58.4 Å². The number of anilines is 1. The largest absolute Gasteiger partial charge is 0.505 e. The smallest absolute Gasteiger partial charge is 0.322 e. The number of urea groups is 1. The number of fused-ring (bicyclic) bond motifs is 2. The Hall–Kier alpha value is -4.68. The third-order valence-corrected chi connectivity index (χ3v) is 7.37. The van der Waals surface area contributed by atoms with Crippen LogP contribution in [0, 0.1) is 11.7 Å². The Morgan fingerprint density at radius 1 is 1.26 bits per heavy atom. The normalized spacial score (nSPS) is 23.1. The van der Waals surface area contributed by atoms with Crippen molar-refractivity contribution in [3.63, 3.8) is 0 Å². The number of carbonyl (C=O) groups is 4. The predicted octanol–water partition coefficient (Wildman–Crippen LogP) is 1.06. The molecule has 0 bridgehead atoms. The van der Waals surface area contributed by atoms with E-state index in [1.54, 1.807) is 12.1 Å². The van der Waals surface area contributed by atoms with Crippen LogP contribution >= 0.6 is 0 Å². The molecule has 38 heavy (non-hydrogen) atoms. The summed E-state index contributed by atoms with van der Waals surface area (Å²) in [5.41, 5.74) is 4.51. The lowest BCUT2D eigenvalue weighted by molar-refractivity contribution is -0.125. The van der Waals surface area contributed by atoms with Crippen molar-refractivity contribution in [2.75, 3.05) is 24.5 Å². The molecule has 0 spiro atoms. The zero-order chi connectivity index (χ0) is 26.8.